The summed E-state index contributed by atoms with van der Waals surface area (Å²) in [6.45, 7) is 0.384. The molecule has 2 aromatic heterocycles. The molecule has 0 unspecified atom stereocenters. The Labute approximate surface area is 156 Å². The quantitative estimate of drug-likeness (QED) is 0.549. The van der Waals surface area contributed by atoms with Gasteiger partial charge in [0.15, 0.2) is 22.8 Å². The van der Waals surface area contributed by atoms with Gasteiger partial charge in [-0.05, 0) is 36.4 Å². The van der Waals surface area contributed by atoms with Gasteiger partial charge in [0.05, 0.1) is 13.7 Å². The molecule has 7 nitrogen and oxygen atoms in total. The number of hydrogen-bond acceptors (Lipinski definition) is 6. The first-order valence-corrected chi connectivity index (χ1v) is 8.60. The van der Waals surface area contributed by atoms with Crippen LogP contribution in [0.2, 0.25) is 0 Å². The molecule has 0 saturated carbocycles. The molecule has 0 spiro atoms. The molecular weight excluding hydrogens is 342 g/mol. The Morgan fingerprint density at radius 2 is 1.81 bits per heavy atom. The van der Waals surface area contributed by atoms with Crippen molar-refractivity contribution in [3.05, 3.63) is 60.9 Å². The summed E-state index contributed by atoms with van der Waals surface area (Å²) in [6.07, 6.45) is 1.73. The van der Waals surface area contributed by atoms with E-state index < -0.39 is 0 Å². The van der Waals surface area contributed by atoms with E-state index in [1.807, 2.05) is 59.2 Å². The number of anilines is 1. The lowest BCUT2D eigenvalue weighted by atomic mass is 10.2. The van der Waals surface area contributed by atoms with Crippen molar-refractivity contribution in [2.45, 2.75) is 0 Å². The molecule has 0 radical (unpaired) electrons. The first-order valence-electron chi connectivity index (χ1n) is 8.60. The summed E-state index contributed by atoms with van der Waals surface area (Å²) in [6, 6.07) is 17.5. The van der Waals surface area contributed by atoms with Gasteiger partial charge in [0, 0.05) is 17.8 Å². The first kappa shape index (κ1) is 17.0. The molecule has 27 heavy (non-hydrogen) atoms. The van der Waals surface area contributed by atoms with Gasteiger partial charge in [-0.1, -0.05) is 18.2 Å². The topological polar surface area (TPSA) is 85.1 Å². The highest BCUT2D eigenvalue weighted by Crippen LogP contribution is 2.27. The van der Waals surface area contributed by atoms with E-state index in [0.717, 1.165) is 17.0 Å². The molecule has 0 fully saturated rings. The highest BCUT2D eigenvalue weighted by atomic mass is 16.5. The summed E-state index contributed by atoms with van der Waals surface area (Å²) in [7, 11) is 1.63. The minimum absolute atomic E-state index is 0.00274. The molecule has 4 aromatic rings. The number of benzene rings is 2. The summed E-state index contributed by atoms with van der Waals surface area (Å²) in [5.74, 6) is 1.94. The smallest absolute Gasteiger partial charge is 0.170 e. The zero-order valence-electron chi connectivity index (χ0n) is 14.8. The van der Waals surface area contributed by atoms with Gasteiger partial charge in [-0.25, -0.2) is 15.0 Å². The molecule has 0 amide bonds. The van der Waals surface area contributed by atoms with Crippen molar-refractivity contribution in [3.8, 4) is 22.8 Å². The van der Waals surface area contributed by atoms with Gasteiger partial charge < -0.3 is 15.2 Å². The van der Waals surface area contributed by atoms with Crippen molar-refractivity contribution in [2.24, 2.45) is 0 Å². The van der Waals surface area contributed by atoms with E-state index in [0.29, 0.717) is 29.4 Å². The predicted molar refractivity (Wildman–Crippen MR) is 104 cm³/mol. The largest absolute Gasteiger partial charge is 0.497 e. The Hall–Kier alpha value is -3.45. The minimum atomic E-state index is 0.00274. The summed E-state index contributed by atoms with van der Waals surface area (Å²) in [5.41, 5.74) is 3.19. The molecule has 4 rings (SSSR count). The fourth-order valence-corrected chi connectivity index (χ4v) is 2.84. The molecule has 0 aliphatic heterocycles. The van der Waals surface area contributed by atoms with Crippen molar-refractivity contribution < 1.29 is 9.84 Å². The third kappa shape index (κ3) is 3.32. The number of ether oxygens (including phenoxy) is 1. The maximum Gasteiger partial charge on any atom is 0.170 e. The van der Waals surface area contributed by atoms with Gasteiger partial charge in [0.1, 0.15) is 12.1 Å². The Bertz CT molecular complexity index is 1050. The van der Waals surface area contributed by atoms with Crippen molar-refractivity contribution >= 4 is 17.0 Å². The van der Waals surface area contributed by atoms with Crippen LogP contribution in [0, 0.1) is 0 Å². The SMILES string of the molecule is COc1ccc(-c2nc(NCCO)c3ncn(-c4ccccc4)c3n2)cc1. The van der Waals surface area contributed by atoms with Gasteiger partial charge in [-0.3, -0.25) is 4.57 Å². The van der Waals surface area contributed by atoms with Crippen molar-refractivity contribution in [1.82, 2.24) is 19.5 Å². The van der Waals surface area contributed by atoms with Crippen LogP contribution in [-0.4, -0.2) is 44.9 Å². The molecule has 0 aliphatic rings. The van der Waals surface area contributed by atoms with E-state index in [2.05, 4.69) is 15.3 Å². The number of hydrogen-bond donors (Lipinski definition) is 2. The first-order chi connectivity index (χ1) is 13.3. The van der Waals surface area contributed by atoms with Crippen LogP contribution < -0.4 is 10.1 Å². The van der Waals surface area contributed by atoms with Crippen molar-refractivity contribution in [1.29, 1.82) is 0 Å². The molecule has 136 valence electrons. The lowest BCUT2D eigenvalue weighted by molar-refractivity contribution is 0.311. The van der Waals surface area contributed by atoms with Crippen LogP contribution >= 0.6 is 0 Å². The molecule has 0 saturated heterocycles. The molecule has 0 bridgehead atoms. The van der Waals surface area contributed by atoms with Gasteiger partial charge in [0.25, 0.3) is 0 Å². The number of imidazole rings is 1. The van der Waals surface area contributed by atoms with Gasteiger partial charge >= 0.3 is 0 Å². The van der Waals surface area contributed by atoms with Gasteiger partial charge in [-0.2, -0.15) is 0 Å². The van der Waals surface area contributed by atoms with Crippen LogP contribution in [0.15, 0.2) is 60.9 Å². The zero-order valence-corrected chi connectivity index (χ0v) is 14.8. The van der Waals surface area contributed by atoms with Gasteiger partial charge in [-0.15, -0.1) is 0 Å². The number of methoxy groups -OCH3 is 1. The van der Waals surface area contributed by atoms with E-state index in [-0.39, 0.29) is 6.61 Å². The Balaban J connectivity index is 1.88. The molecule has 2 N–H and O–H groups in total. The predicted octanol–water partition coefficient (Wildman–Crippen LogP) is 2.90. The van der Waals surface area contributed by atoms with Crippen LogP contribution in [-0.2, 0) is 0 Å². The van der Waals surface area contributed by atoms with Crippen LogP contribution in [0.25, 0.3) is 28.2 Å². The fraction of sp³-hybridized carbons (Fsp3) is 0.150. The number of aliphatic hydroxyl groups is 1. The number of fused-ring (bicyclic) bond motifs is 1. The number of nitrogens with zero attached hydrogens (tertiary/aromatic N) is 4. The van der Waals surface area contributed by atoms with E-state index in [1.54, 1.807) is 13.4 Å². The van der Waals surface area contributed by atoms with Crippen LogP contribution in [0.1, 0.15) is 0 Å². The second-order valence-corrected chi connectivity index (χ2v) is 5.90. The monoisotopic (exact) mass is 361 g/mol. The van der Waals surface area contributed by atoms with E-state index in [1.165, 1.54) is 0 Å². The summed E-state index contributed by atoms with van der Waals surface area (Å²) >= 11 is 0. The standard InChI is InChI=1S/C20H19N5O2/c1-27-16-9-7-14(8-10-16)18-23-19(21-11-12-26)17-20(24-18)25(13-22-17)15-5-3-2-4-6-15/h2-10,13,26H,11-12H2,1H3,(H,21,23,24). The minimum Gasteiger partial charge on any atom is -0.497 e. The molecule has 0 atom stereocenters. The Kier molecular flexibility index (Phi) is 4.67. The van der Waals surface area contributed by atoms with Crippen LogP contribution in [0.4, 0.5) is 5.82 Å². The Morgan fingerprint density at radius 3 is 2.52 bits per heavy atom. The maximum atomic E-state index is 9.18. The molecule has 2 heterocycles. The Morgan fingerprint density at radius 1 is 1.04 bits per heavy atom. The third-order valence-electron chi connectivity index (χ3n) is 4.18. The highest BCUT2D eigenvalue weighted by molar-refractivity contribution is 5.86. The number of aromatic nitrogens is 4. The molecule has 2 aromatic carbocycles. The molecule has 7 heteroatoms. The van der Waals surface area contributed by atoms with Crippen LogP contribution in [0.3, 0.4) is 0 Å². The fourth-order valence-electron chi connectivity index (χ4n) is 2.84. The van der Waals surface area contributed by atoms with Gasteiger partial charge in [0.2, 0.25) is 0 Å². The summed E-state index contributed by atoms with van der Waals surface area (Å²) in [5, 5.41) is 12.3. The lowest BCUT2D eigenvalue weighted by Crippen LogP contribution is -2.09. The second kappa shape index (κ2) is 7.43. The molecular formula is C20H19N5O2. The normalized spacial score (nSPS) is 10.9. The van der Waals surface area contributed by atoms with Crippen molar-refractivity contribution in [2.75, 3.05) is 25.6 Å². The number of rotatable bonds is 6. The van der Waals surface area contributed by atoms with Crippen LogP contribution in [0.5, 0.6) is 5.75 Å². The summed E-state index contributed by atoms with van der Waals surface area (Å²) < 4.78 is 7.15. The molecule has 0 aliphatic carbocycles. The number of para-hydroxylation sites is 1. The van der Waals surface area contributed by atoms with E-state index >= 15 is 0 Å². The maximum absolute atomic E-state index is 9.18. The lowest BCUT2D eigenvalue weighted by Gasteiger charge is -2.09. The summed E-state index contributed by atoms with van der Waals surface area (Å²) in [4.78, 5) is 13.9. The third-order valence-corrected chi connectivity index (χ3v) is 4.18. The number of aliphatic hydroxyl groups excluding tert-OH is 1. The zero-order chi connectivity index (χ0) is 18.6. The highest BCUT2D eigenvalue weighted by Gasteiger charge is 2.15. The average molecular weight is 361 g/mol. The van der Waals surface area contributed by atoms with E-state index in [9.17, 15) is 5.11 Å². The number of nitrogens with one attached hydrogen (secondary N) is 1. The van der Waals surface area contributed by atoms with Crippen molar-refractivity contribution in [3.63, 3.8) is 0 Å². The van der Waals surface area contributed by atoms with E-state index in [4.69, 9.17) is 9.72 Å². The average Bonchev–Trinajstić information content (AvgIpc) is 3.17. The second-order valence-electron chi connectivity index (χ2n) is 5.90.